The van der Waals surface area contributed by atoms with Crippen molar-refractivity contribution in [3.05, 3.63) is 71.8 Å². The van der Waals surface area contributed by atoms with Gasteiger partial charge < -0.3 is 4.90 Å². The van der Waals surface area contributed by atoms with Gasteiger partial charge in [0.05, 0.1) is 4.90 Å². The summed E-state index contributed by atoms with van der Waals surface area (Å²) in [7, 11) is -3.47. The van der Waals surface area contributed by atoms with Gasteiger partial charge in [0.2, 0.25) is 15.9 Å². The predicted octanol–water partition coefficient (Wildman–Crippen LogP) is 3.78. The fourth-order valence-corrected chi connectivity index (χ4v) is 4.34. The van der Waals surface area contributed by atoms with Crippen LogP contribution in [-0.2, 0) is 21.4 Å². The van der Waals surface area contributed by atoms with E-state index in [4.69, 9.17) is 0 Å². The summed E-state index contributed by atoms with van der Waals surface area (Å²) < 4.78 is 26.5. The van der Waals surface area contributed by atoms with E-state index in [1.807, 2.05) is 51.1 Å². The Morgan fingerprint density at radius 2 is 1.50 bits per heavy atom. The highest BCUT2D eigenvalue weighted by molar-refractivity contribution is 7.89. The molecule has 0 aromatic heterocycles. The first-order valence-electron chi connectivity index (χ1n) is 9.53. The van der Waals surface area contributed by atoms with Gasteiger partial charge in [0, 0.05) is 32.3 Å². The zero-order valence-corrected chi connectivity index (χ0v) is 17.5. The quantitative estimate of drug-likeness (QED) is 0.602. The van der Waals surface area contributed by atoms with Crippen molar-refractivity contribution in [2.75, 3.05) is 19.6 Å². The molecule has 5 nitrogen and oxygen atoms in total. The van der Waals surface area contributed by atoms with Crippen LogP contribution in [0.5, 0.6) is 0 Å². The number of sulfonamides is 1. The van der Waals surface area contributed by atoms with Gasteiger partial charge in [-0.1, -0.05) is 56.3 Å². The maximum absolute atomic E-state index is 12.5. The van der Waals surface area contributed by atoms with E-state index in [0.29, 0.717) is 26.2 Å². The van der Waals surface area contributed by atoms with Gasteiger partial charge in [0.25, 0.3) is 0 Å². The van der Waals surface area contributed by atoms with E-state index in [0.717, 1.165) is 11.1 Å². The summed E-state index contributed by atoms with van der Waals surface area (Å²) in [6.07, 6.45) is 3.24. The predicted molar refractivity (Wildman–Crippen MR) is 113 cm³/mol. The molecular formula is C22H28N2O3S. The summed E-state index contributed by atoms with van der Waals surface area (Å²) in [5, 5.41) is 0. The lowest BCUT2D eigenvalue weighted by atomic mass is 10.2. The van der Waals surface area contributed by atoms with Gasteiger partial charge in [0.1, 0.15) is 0 Å². The van der Waals surface area contributed by atoms with Gasteiger partial charge >= 0.3 is 0 Å². The van der Waals surface area contributed by atoms with Crippen LogP contribution in [-0.4, -0.2) is 43.2 Å². The van der Waals surface area contributed by atoms with Gasteiger partial charge in [-0.15, -0.1) is 0 Å². The van der Waals surface area contributed by atoms with Gasteiger partial charge in [-0.25, -0.2) is 8.42 Å². The summed E-state index contributed by atoms with van der Waals surface area (Å²) >= 11 is 0. The van der Waals surface area contributed by atoms with Crippen molar-refractivity contribution in [3.8, 4) is 0 Å². The Labute approximate surface area is 168 Å². The van der Waals surface area contributed by atoms with Crippen molar-refractivity contribution in [3.63, 3.8) is 0 Å². The van der Waals surface area contributed by atoms with Gasteiger partial charge in [-0.05, 0) is 36.3 Å². The van der Waals surface area contributed by atoms with Crippen molar-refractivity contribution in [2.45, 2.75) is 32.2 Å². The summed E-state index contributed by atoms with van der Waals surface area (Å²) in [4.78, 5) is 14.5. The number of carbonyl (C=O) groups excluding carboxylic acids is 1. The Balaban J connectivity index is 2.08. The van der Waals surface area contributed by atoms with Crippen LogP contribution in [0.1, 0.15) is 31.9 Å². The molecule has 0 unspecified atom stereocenters. The second kappa shape index (κ2) is 10.2. The molecule has 6 heteroatoms. The van der Waals surface area contributed by atoms with E-state index in [2.05, 4.69) is 0 Å². The number of hydrogen-bond donors (Lipinski definition) is 0. The molecular weight excluding hydrogens is 372 g/mol. The average Bonchev–Trinajstić information content (AvgIpc) is 2.72. The number of amides is 1. The van der Waals surface area contributed by atoms with Crippen molar-refractivity contribution in [1.82, 2.24) is 9.21 Å². The molecule has 0 spiro atoms. The van der Waals surface area contributed by atoms with E-state index in [1.54, 1.807) is 35.2 Å². The lowest BCUT2D eigenvalue weighted by molar-refractivity contribution is -0.126. The molecule has 150 valence electrons. The largest absolute Gasteiger partial charge is 0.335 e. The minimum atomic E-state index is -3.47. The van der Waals surface area contributed by atoms with Crippen molar-refractivity contribution < 1.29 is 13.2 Å². The van der Waals surface area contributed by atoms with Crippen molar-refractivity contribution in [2.24, 2.45) is 0 Å². The minimum Gasteiger partial charge on any atom is -0.335 e. The fraction of sp³-hybridized carbons (Fsp3) is 0.318. The number of hydrogen-bond acceptors (Lipinski definition) is 3. The lowest BCUT2D eigenvalue weighted by Crippen LogP contribution is -2.30. The molecule has 0 aliphatic heterocycles. The molecule has 2 aromatic carbocycles. The fourth-order valence-electron chi connectivity index (χ4n) is 2.89. The normalized spacial score (nSPS) is 11.9. The monoisotopic (exact) mass is 400 g/mol. The second-order valence-electron chi connectivity index (χ2n) is 6.33. The Kier molecular flexibility index (Phi) is 7.96. The molecule has 2 aromatic rings. The molecule has 0 radical (unpaired) electrons. The van der Waals surface area contributed by atoms with E-state index in [-0.39, 0.29) is 10.8 Å². The molecule has 0 bridgehead atoms. The van der Waals surface area contributed by atoms with Crippen molar-refractivity contribution in [1.29, 1.82) is 0 Å². The van der Waals surface area contributed by atoms with Crippen LogP contribution in [0.4, 0.5) is 0 Å². The summed E-state index contributed by atoms with van der Waals surface area (Å²) in [5.74, 6) is -0.0776. The maximum Gasteiger partial charge on any atom is 0.246 e. The Morgan fingerprint density at radius 3 is 2.04 bits per heavy atom. The SMILES string of the molecule is CCN(Cc1ccccc1)C(=O)/C=C/c1ccc(S(=O)(=O)N(CC)CC)cc1. The molecule has 0 saturated carbocycles. The van der Waals surface area contributed by atoms with Crippen LogP contribution >= 0.6 is 0 Å². The molecule has 0 heterocycles. The van der Waals surface area contributed by atoms with Crippen LogP contribution in [0.3, 0.4) is 0 Å². The third kappa shape index (κ3) is 5.53. The van der Waals surface area contributed by atoms with E-state index < -0.39 is 10.0 Å². The smallest absolute Gasteiger partial charge is 0.246 e. The number of rotatable bonds is 9. The maximum atomic E-state index is 12.5. The molecule has 0 aliphatic rings. The highest BCUT2D eigenvalue weighted by Crippen LogP contribution is 2.17. The van der Waals surface area contributed by atoms with E-state index in [9.17, 15) is 13.2 Å². The number of likely N-dealkylation sites (N-methyl/N-ethyl adjacent to an activating group) is 1. The van der Waals surface area contributed by atoms with Crippen molar-refractivity contribution >= 4 is 22.0 Å². The first-order chi connectivity index (χ1) is 13.4. The molecule has 0 N–H and O–H groups in total. The molecule has 0 atom stereocenters. The average molecular weight is 401 g/mol. The zero-order chi connectivity index (χ0) is 20.6. The molecule has 0 saturated heterocycles. The first kappa shape index (κ1) is 21.9. The topological polar surface area (TPSA) is 57.7 Å². The van der Waals surface area contributed by atoms with E-state index in [1.165, 1.54) is 10.4 Å². The number of carbonyl (C=O) groups is 1. The molecule has 0 fully saturated rings. The van der Waals surface area contributed by atoms with Crippen LogP contribution in [0.15, 0.2) is 65.6 Å². The Bertz CT molecular complexity index is 887. The summed E-state index contributed by atoms with van der Waals surface area (Å²) in [6, 6.07) is 16.4. The Morgan fingerprint density at radius 1 is 0.893 bits per heavy atom. The van der Waals surface area contributed by atoms with Gasteiger partial charge in [-0.3, -0.25) is 4.79 Å². The van der Waals surface area contributed by atoms with Gasteiger partial charge in [0.15, 0.2) is 0 Å². The number of benzene rings is 2. The van der Waals surface area contributed by atoms with Crippen LogP contribution in [0.25, 0.3) is 6.08 Å². The third-order valence-corrected chi connectivity index (χ3v) is 6.62. The third-order valence-electron chi connectivity index (χ3n) is 4.55. The molecule has 0 aliphatic carbocycles. The summed E-state index contributed by atoms with van der Waals surface area (Å²) in [5.41, 5.74) is 1.86. The second-order valence-corrected chi connectivity index (χ2v) is 8.27. The Hall–Kier alpha value is -2.44. The highest BCUT2D eigenvalue weighted by atomic mass is 32.2. The zero-order valence-electron chi connectivity index (χ0n) is 16.7. The van der Waals surface area contributed by atoms with Crippen LogP contribution in [0.2, 0.25) is 0 Å². The van der Waals surface area contributed by atoms with E-state index >= 15 is 0 Å². The van der Waals surface area contributed by atoms with Gasteiger partial charge in [-0.2, -0.15) is 4.31 Å². The molecule has 28 heavy (non-hydrogen) atoms. The first-order valence-corrected chi connectivity index (χ1v) is 11.0. The van der Waals surface area contributed by atoms with Crippen LogP contribution in [0, 0.1) is 0 Å². The highest BCUT2D eigenvalue weighted by Gasteiger charge is 2.20. The molecule has 2 rings (SSSR count). The minimum absolute atomic E-state index is 0.0776. The molecule has 1 amide bonds. The standard InChI is InChI=1S/C22H28N2O3S/c1-4-23(18-20-10-8-7-9-11-20)22(25)17-14-19-12-15-21(16-13-19)28(26,27)24(5-2)6-3/h7-17H,4-6,18H2,1-3H3/b17-14+. The van der Waals surface area contributed by atoms with Crippen LogP contribution < -0.4 is 0 Å². The number of nitrogens with zero attached hydrogens (tertiary/aromatic N) is 2. The lowest BCUT2D eigenvalue weighted by Gasteiger charge is -2.19. The summed E-state index contributed by atoms with van der Waals surface area (Å²) in [6.45, 7) is 7.62.